The molecule has 0 atom stereocenters. The lowest BCUT2D eigenvalue weighted by molar-refractivity contribution is 0.00707. The van der Waals surface area contributed by atoms with E-state index < -0.39 is 11.6 Å². The number of carbonyl (C=O) groups excluding carboxylic acids is 1. The van der Waals surface area contributed by atoms with E-state index in [1.54, 1.807) is 32.9 Å². The van der Waals surface area contributed by atoms with Crippen LogP contribution in [0.2, 0.25) is 0 Å². The summed E-state index contributed by atoms with van der Waals surface area (Å²) in [5.74, 6) is 0.133. The number of benzene rings is 1. The van der Waals surface area contributed by atoms with Crippen molar-refractivity contribution in [3.05, 3.63) is 22.2 Å². The summed E-state index contributed by atoms with van der Waals surface area (Å²) in [5, 5.41) is 0. The van der Waals surface area contributed by atoms with E-state index in [0.29, 0.717) is 21.5 Å². The molecule has 94 valence electrons. The zero-order valence-corrected chi connectivity index (χ0v) is 11.9. The smallest absolute Gasteiger partial charge is 0.340 e. The van der Waals surface area contributed by atoms with Gasteiger partial charge in [0, 0.05) is 0 Å². The molecule has 1 rings (SSSR count). The Morgan fingerprint density at radius 2 is 1.94 bits per heavy atom. The summed E-state index contributed by atoms with van der Waals surface area (Å²) in [7, 11) is 1.53. The van der Waals surface area contributed by atoms with E-state index in [9.17, 15) is 4.79 Å². The molecule has 0 unspecified atom stereocenters. The Labute approximate surface area is 109 Å². The number of ether oxygens (including phenoxy) is 2. The fourth-order valence-corrected chi connectivity index (χ4v) is 1.75. The van der Waals surface area contributed by atoms with Gasteiger partial charge in [0.2, 0.25) is 0 Å². The first-order valence-electron chi connectivity index (χ1n) is 5.11. The van der Waals surface area contributed by atoms with Crippen LogP contribution in [-0.4, -0.2) is 18.7 Å². The van der Waals surface area contributed by atoms with Gasteiger partial charge in [-0.3, -0.25) is 0 Å². The number of nitrogens with two attached hydrogens (primary N) is 1. The highest BCUT2D eigenvalue weighted by atomic mass is 79.9. The fourth-order valence-electron chi connectivity index (χ4n) is 1.24. The van der Waals surface area contributed by atoms with Crippen molar-refractivity contribution in [3.8, 4) is 5.75 Å². The molecule has 2 N–H and O–H groups in total. The summed E-state index contributed by atoms with van der Waals surface area (Å²) in [5.41, 5.74) is 5.95. The molecular weight excluding hydrogens is 286 g/mol. The second kappa shape index (κ2) is 4.96. The largest absolute Gasteiger partial charge is 0.495 e. The molecule has 1 aromatic rings. The molecule has 0 heterocycles. The van der Waals surface area contributed by atoms with Crippen molar-refractivity contribution in [2.24, 2.45) is 0 Å². The lowest BCUT2D eigenvalue weighted by atomic mass is 10.1. The topological polar surface area (TPSA) is 61.5 Å². The summed E-state index contributed by atoms with van der Waals surface area (Å²) in [6.45, 7) is 5.42. The lowest BCUT2D eigenvalue weighted by Crippen LogP contribution is -2.24. The first-order chi connectivity index (χ1) is 7.76. The standard InChI is InChI=1S/C12H16BrNO3/c1-12(2,3)17-11(15)7-5-6-8(16-4)9(13)10(7)14/h5-6H,14H2,1-4H3. The van der Waals surface area contributed by atoms with E-state index in [-0.39, 0.29) is 0 Å². The third-order valence-corrected chi connectivity index (χ3v) is 2.80. The van der Waals surface area contributed by atoms with E-state index in [1.807, 2.05) is 0 Å². The number of hydrogen-bond donors (Lipinski definition) is 1. The second-order valence-electron chi connectivity index (χ2n) is 4.54. The predicted molar refractivity (Wildman–Crippen MR) is 70.3 cm³/mol. The van der Waals surface area contributed by atoms with Gasteiger partial charge in [-0.25, -0.2) is 4.79 Å². The maximum Gasteiger partial charge on any atom is 0.340 e. The van der Waals surface area contributed by atoms with Gasteiger partial charge >= 0.3 is 5.97 Å². The van der Waals surface area contributed by atoms with Crippen LogP contribution < -0.4 is 10.5 Å². The number of carbonyl (C=O) groups is 1. The maximum absolute atomic E-state index is 11.9. The number of methoxy groups -OCH3 is 1. The minimum absolute atomic E-state index is 0.318. The summed E-state index contributed by atoms with van der Waals surface area (Å²) in [6, 6.07) is 3.26. The molecule has 0 aliphatic heterocycles. The third kappa shape index (κ3) is 3.36. The van der Waals surface area contributed by atoms with Gasteiger partial charge in [0.15, 0.2) is 0 Å². The van der Waals surface area contributed by atoms with Crippen LogP contribution in [0.1, 0.15) is 31.1 Å². The molecule has 0 saturated heterocycles. The minimum Gasteiger partial charge on any atom is -0.495 e. The Bertz CT molecular complexity index is 438. The van der Waals surface area contributed by atoms with Gasteiger partial charge < -0.3 is 15.2 Å². The van der Waals surface area contributed by atoms with Crippen molar-refractivity contribution in [1.29, 1.82) is 0 Å². The molecule has 0 amide bonds. The van der Waals surface area contributed by atoms with Gasteiger partial charge in [0.1, 0.15) is 11.4 Å². The summed E-state index contributed by atoms with van der Waals surface area (Å²) in [6.07, 6.45) is 0. The average molecular weight is 302 g/mol. The molecule has 0 fully saturated rings. The van der Waals surface area contributed by atoms with Crippen molar-refractivity contribution in [2.45, 2.75) is 26.4 Å². The number of nitrogen functional groups attached to an aromatic ring is 1. The molecule has 0 bridgehead atoms. The first kappa shape index (κ1) is 13.8. The van der Waals surface area contributed by atoms with Crippen molar-refractivity contribution in [3.63, 3.8) is 0 Å². The number of anilines is 1. The monoisotopic (exact) mass is 301 g/mol. The van der Waals surface area contributed by atoms with E-state index in [0.717, 1.165) is 0 Å². The van der Waals surface area contributed by atoms with Gasteiger partial charge in [-0.15, -0.1) is 0 Å². The number of hydrogen-bond acceptors (Lipinski definition) is 4. The van der Waals surface area contributed by atoms with Crippen molar-refractivity contribution in [2.75, 3.05) is 12.8 Å². The quantitative estimate of drug-likeness (QED) is 0.674. The minimum atomic E-state index is -0.546. The molecule has 0 spiro atoms. The van der Waals surface area contributed by atoms with Crippen LogP contribution in [0.5, 0.6) is 5.75 Å². The van der Waals surface area contributed by atoms with Crippen molar-refractivity contribution < 1.29 is 14.3 Å². The highest BCUT2D eigenvalue weighted by Gasteiger charge is 2.21. The number of halogens is 1. The third-order valence-electron chi connectivity index (χ3n) is 1.98. The Morgan fingerprint density at radius 3 is 2.41 bits per heavy atom. The van der Waals surface area contributed by atoms with E-state index in [1.165, 1.54) is 7.11 Å². The lowest BCUT2D eigenvalue weighted by Gasteiger charge is -2.20. The highest BCUT2D eigenvalue weighted by Crippen LogP contribution is 2.33. The normalized spacial score (nSPS) is 11.1. The fraction of sp³-hybridized carbons (Fsp3) is 0.417. The second-order valence-corrected chi connectivity index (χ2v) is 5.34. The van der Waals surface area contributed by atoms with Crippen LogP contribution in [0, 0.1) is 0 Å². The zero-order chi connectivity index (χ0) is 13.2. The van der Waals surface area contributed by atoms with Crippen LogP contribution in [0.3, 0.4) is 0 Å². The van der Waals surface area contributed by atoms with Gasteiger partial charge in [0.25, 0.3) is 0 Å². The SMILES string of the molecule is COc1ccc(C(=O)OC(C)(C)C)c(N)c1Br. The van der Waals surface area contributed by atoms with Crippen LogP contribution in [0.25, 0.3) is 0 Å². The van der Waals surface area contributed by atoms with Crippen molar-refractivity contribution >= 4 is 27.6 Å². The number of esters is 1. The van der Waals surface area contributed by atoms with Gasteiger partial charge in [-0.1, -0.05) is 0 Å². The van der Waals surface area contributed by atoms with Crippen LogP contribution in [0.15, 0.2) is 16.6 Å². The first-order valence-corrected chi connectivity index (χ1v) is 5.91. The molecule has 0 aliphatic rings. The molecular formula is C12H16BrNO3. The van der Waals surface area contributed by atoms with E-state index in [2.05, 4.69) is 15.9 Å². The molecule has 0 aliphatic carbocycles. The van der Waals surface area contributed by atoms with E-state index >= 15 is 0 Å². The Kier molecular flexibility index (Phi) is 4.03. The molecule has 17 heavy (non-hydrogen) atoms. The van der Waals surface area contributed by atoms with Crippen molar-refractivity contribution in [1.82, 2.24) is 0 Å². The summed E-state index contributed by atoms with van der Waals surface area (Å²) >= 11 is 3.28. The predicted octanol–water partition coefficient (Wildman–Crippen LogP) is 3.00. The Balaban J connectivity index is 3.08. The summed E-state index contributed by atoms with van der Waals surface area (Å²) < 4.78 is 10.9. The molecule has 5 heteroatoms. The average Bonchev–Trinajstić information content (AvgIpc) is 2.19. The highest BCUT2D eigenvalue weighted by molar-refractivity contribution is 9.10. The Hall–Kier alpha value is -1.23. The molecule has 1 aromatic carbocycles. The molecule has 0 saturated carbocycles. The van der Waals surface area contributed by atoms with Gasteiger partial charge in [-0.05, 0) is 48.8 Å². The van der Waals surface area contributed by atoms with Crippen LogP contribution in [-0.2, 0) is 4.74 Å². The zero-order valence-electron chi connectivity index (χ0n) is 10.3. The van der Waals surface area contributed by atoms with Gasteiger partial charge in [0.05, 0.1) is 22.8 Å². The van der Waals surface area contributed by atoms with Crippen LogP contribution >= 0.6 is 15.9 Å². The number of rotatable bonds is 2. The molecule has 0 radical (unpaired) electrons. The summed E-state index contributed by atoms with van der Waals surface area (Å²) in [4.78, 5) is 11.9. The van der Waals surface area contributed by atoms with Gasteiger partial charge in [-0.2, -0.15) is 0 Å². The molecule has 4 nitrogen and oxygen atoms in total. The Morgan fingerprint density at radius 1 is 1.35 bits per heavy atom. The van der Waals surface area contributed by atoms with E-state index in [4.69, 9.17) is 15.2 Å². The van der Waals surface area contributed by atoms with Crippen LogP contribution in [0.4, 0.5) is 5.69 Å². The molecule has 0 aromatic heterocycles. The maximum atomic E-state index is 11.9.